The summed E-state index contributed by atoms with van der Waals surface area (Å²) < 4.78 is 6.99. The number of hydrogen-bond acceptors (Lipinski definition) is 6. The molecule has 1 unspecified atom stereocenters. The molecule has 0 spiro atoms. The molecular weight excluding hydrogens is 468 g/mol. The first-order valence-electron chi connectivity index (χ1n) is 12.1. The fourth-order valence-corrected chi connectivity index (χ4v) is 5.22. The van der Waals surface area contributed by atoms with Crippen molar-refractivity contribution in [1.29, 1.82) is 0 Å². The zero-order valence-corrected chi connectivity index (χ0v) is 21.5. The Morgan fingerprint density at radius 1 is 1.00 bits per heavy atom. The molecule has 0 aliphatic rings. The lowest BCUT2D eigenvalue weighted by Gasteiger charge is -2.11. The second-order valence-corrected chi connectivity index (χ2v) is 9.96. The Hall–Kier alpha value is -3.52. The van der Waals surface area contributed by atoms with E-state index in [1.54, 1.807) is 23.7 Å². The molecule has 5 rings (SSSR count). The summed E-state index contributed by atoms with van der Waals surface area (Å²) in [4.78, 5) is 14.9. The third-order valence-corrected chi connectivity index (χ3v) is 7.20. The van der Waals surface area contributed by atoms with E-state index in [2.05, 4.69) is 38.4 Å². The third-order valence-electron chi connectivity index (χ3n) is 6.23. The van der Waals surface area contributed by atoms with Gasteiger partial charge in [0.1, 0.15) is 18.2 Å². The van der Waals surface area contributed by atoms with Gasteiger partial charge in [0.25, 0.3) is 0 Å². The maximum atomic E-state index is 10.4. The molecule has 0 fully saturated rings. The molecule has 0 radical (unpaired) electrons. The van der Waals surface area contributed by atoms with E-state index in [1.807, 2.05) is 57.4 Å². The number of aliphatic hydroxyl groups is 1. The molecule has 5 aromatic rings. The molecule has 2 aromatic carbocycles. The number of aromatic amines is 1. The van der Waals surface area contributed by atoms with Gasteiger partial charge in [0.2, 0.25) is 0 Å². The van der Waals surface area contributed by atoms with Gasteiger partial charge < -0.3 is 19.7 Å². The Bertz CT molecular complexity index is 1440. The predicted molar refractivity (Wildman–Crippen MR) is 147 cm³/mol. The number of pyridine rings is 1. The molecule has 6 nitrogen and oxygen atoms in total. The molecule has 36 heavy (non-hydrogen) atoms. The summed E-state index contributed by atoms with van der Waals surface area (Å²) in [5.74, 6) is 1.64. The standard InChI is InChI=1S/C29H30N4O2S/c1-4-25(34)24-18-36-26-17-21(7-10-23(24)26)28-27(19-11-13-30-14-12-19)31-29(32-28)20-5-8-22(9-6-20)35-16-15-33(2)3/h5-14,17-18,25,34H,4,15-16H2,1-3H3,(H,31,32). The van der Waals surface area contributed by atoms with Crippen molar-refractivity contribution in [3.63, 3.8) is 0 Å². The number of thiophene rings is 1. The number of nitrogens with one attached hydrogen (secondary N) is 1. The van der Waals surface area contributed by atoms with Crippen molar-refractivity contribution in [3.8, 4) is 39.7 Å². The molecule has 0 aliphatic carbocycles. The van der Waals surface area contributed by atoms with E-state index in [-0.39, 0.29) is 0 Å². The smallest absolute Gasteiger partial charge is 0.138 e. The minimum absolute atomic E-state index is 0.441. The van der Waals surface area contributed by atoms with Gasteiger partial charge in [0.15, 0.2) is 0 Å². The fourth-order valence-electron chi connectivity index (χ4n) is 4.18. The van der Waals surface area contributed by atoms with E-state index in [1.165, 1.54) is 0 Å². The molecule has 0 aliphatic heterocycles. The number of benzene rings is 2. The average molecular weight is 499 g/mol. The topological polar surface area (TPSA) is 74.3 Å². The van der Waals surface area contributed by atoms with Crippen LogP contribution in [0.25, 0.3) is 44.0 Å². The maximum absolute atomic E-state index is 10.4. The maximum Gasteiger partial charge on any atom is 0.138 e. The molecule has 1 atom stereocenters. The van der Waals surface area contributed by atoms with Crippen molar-refractivity contribution in [3.05, 3.63) is 77.9 Å². The van der Waals surface area contributed by atoms with Gasteiger partial charge in [-0.15, -0.1) is 11.3 Å². The van der Waals surface area contributed by atoms with Crippen LogP contribution in [0.15, 0.2) is 72.4 Å². The van der Waals surface area contributed by atoms with E-state index in [0.29, 0.717) is 13.0 Å². The number of rotatable bonds is 9. The van der Waals surface area contributed by atoms with Gasteiger partial charge in [0, 0.05) is 40.3 Å². The number of aliphatic hydroxyl groups excluding tert-OH is 1. The number of aromatic nitrogens is 3. The number of nitrogens with zero attached hydrogens (tertiary/aromatic N) is 3. The molecule has 3 heterocycles. The Kier molecular flexibility index (Phi) is 7.13. The van der Waals surface area contributed by atoms with Crippen LogP contribution in [-0.2, 0) is 0 Å². The molecule has 184 valence electrons. The first kappa shape index (κ1) is 24.2. The van der Waals surface area contributed by atoms with Gasteiger partial charge >= 0.3 is 0 Å². The van der Waals surface area contributed by atoms with Crippen molar-refractivity contribution in [1.82, 2.24) is 19.9 Å². The van der Waals surface area contributed by atoms with Crippen molar-refractivity contribution < 1.29 is 9.84 Å². The highest BCUT2D eigenvalue weighted by atomic mass is 32.1. The Morgan fingerprint density at radius 2 is 1.75 bits per heavy atom. The summed E-state index contributed by atoms with van der Waals surface area (Å²) in [6.07, 6.45) is 3.84. The number of H-pyrrole nitrogens is 1. The van der Waals surface area contributed by atoms with Crippen LogP contribution in [0.2, 0.25) is 0 Å². The summed E-state index contributed by atoms with van der Waals surface area (Å²) in [7, 11) is 4.07. The van der Waals surface area contributed by atoms with Crippen molar-refractivity contribution >= 4 is 21.4 Å². The van der Waals surface area contributed by atoms with Crippen LogP contribution in [0.1, 0.15) is 25.0 Å². The molecule has 0 saturated heterocycles. The molecule has 2 N–H and O–H groups in total. The fraction of sp³-hybridized carbons (Fsp3) is 0.241. The van der Waals surface area contributed by atoms with Gasteiger partial charge in [-0.1, -0.05) is 19.1 Å². The van der Waals surface area contributed by atoms with Crippen LogP contribution in [-0.4, -0.2) is 52.2 Å². The first-order valence-corrected chi connectivity index (χ1v) is 13.0. The van der Waals surface area contributed by atoms with Gasteiger partial charge in [-0.05, 0) is 79.3 Å². The number of fused-ring (bicyclic) bond motifs is 1. The lowest BCUT2D eigenvalue weighted by atomic mass is 10.0. The molecular formula is C29H30N4O2S. The Labute approximate surface area is 215 Å². The molecule has 7 heteroatoms. The van der Waals surface area contributed by atoms with Gasteiger partial charge in [-0.3, -0.25) is 4.98 Å². The summed E-state index contributed by atoms with van der Waals surface area (Å²) in [6.45, 7) is 3.51. The van der Waals surface area contributed by atoms with Gasteiger partial charge in [0.05, 0.1) is 17.5 Å². The molecule has 0 saturated carbocycles. The SMILES string of the molecule is CCC(O)c1csc2cc(-c3nc(-c4ccc(OCCN(C)C)cc4)[nH]c3-c3ccncc3)ccc12. The quantitative estimate of drug-likeness (QED) is 0.246. The zero-order chi connectivity index (χ0) is 25.1. The minimum Gasteiger partial charge on any atom is -0.492 e. The van der Waals surface area contributed by atoms with Crippen molar-refractivity contribution in [2.45, 2.75) is 19.4 Å². The van der Waals surface area contributed by atoms with E-state index in [0.717, 1.165) is 61.8 Å². The third kappa shape index (κ3) is 5.04. The van der Waals surface area contributed by atoms with Gasteiger partial charge in [-0.2, -0.15) is 0 Å². The number of ether oxygens (including phenoxy) is 1. The van der Waals surface area contributed by atoms with E-state index in [4.69, 9.17) is 9.72 Å². The zero-order valence-electron chi connectivity index (χ0n) is 20.7. The van der Waals surface area contributed by atoms with Crippen LogP contribution in [0.4, 0.5) is 0 Å². The van der Waals surface area contributed by atoms with E-state index in [9.17, 15) is 5.11 Å². The van der Waals surface area contributed by atoms with Crippen LogP contribution in [0, 0.1) is 0 Å². The highest BCUT2D eigenvalue weighted by Crippen LogP contribution is 2.38. The summed E-state index contributed by atoms with van der Waals surface area (Å²) in [5.41, 5.74) is 5.87. The van der Waals surface area contributed by atoms with E-state index >= 15 is 0 Å². The van der Waals surface area contributed by atoms with Crippen LogP contribution in [0.3, 0.4) is 0 Å². The summed E-state index contributed by atoms with van der Waals surface area (Å²) >= 11 is 1.66. The summed E-state index contributed by atoms with van der Waals surface area (Å²) in [6, 6.07) is 18.4. The predicted octanol–water partition coefficient (Wildman–Crippen LogP) is 6.40. The highest BCUT2D eigenvalue weighted by Gasteiger charge is 2.18. The summed E-state index contributed by atoms with van der Waals surface area (Å²) in [5, 5.41) is 13.5. The number of likely N-dealkylation sites (N-methyl/N-ethyl adjacent to an activating group) is 1. The second-order valence-electron chi connectivity index (χ2n) is 9.05. The Morgan fingerprint density at radius 3 is 2.47 bits per heavy atom. The number of hydrogen-bond donors (Lipinski definition) is 2. The lowest BCUT2D eigenvalue weighted by molar-refractivity contribution is 0.175. The van der Waals surface area contributed by atoms with Crippen molar-refractivity contribution in [2.75, 3.05) is 27.2 Å². The minimum atomic E-state index is -0.441. The molecule has 0 bridgehead atoms. The normalized spacial score (nSPS) is 12.4. The van der Waals surface area contributed by atoms with Gasteiger partial charge in [-0.25, -0.2) is 4.98 Å². The Balaban J connectivity index is 1.51. The monoisotopic (exact) mass is 498 g/mol. The molecule has 3 aromatic heterocycles. The largest absolute Gasteiger partial charge is 0.492 e. The van der Waals surface area contributed by atoms with Crippen LogP contribution >= 0.6 is 11.3 Å². The van der Waals surface area contributed by atoms with Crippen molar-refractivity contribution in [2.24, 2.45) is 0 Å². The van der Waals surface area contributed by atoms with Crippen LogP contribution < -0.4 is 4.74 Å². The average Bonchev–Trinajstić information content (AvgIpc) is 3.54. The number of imidazole rings is 1. The van der Waals surface area contributed by atoms with Crippen LogP contribution in [0.5, 0.6) is 5.75 Å². The highest BCUT2D eigenvalue weighted by molar-refractivity contribution is 7.17. The van der Waals surface area contributed by atoms with E-state index < -0.39 is 6.10 Å². The lowest BCUT2D eigenvalue weighted by Crippen LogP contribution is -2.19. The first-order chi connectivity index (χ1) is 17.5. The molecule has 0 amide bonds. The second kappa shape index (κ2) is 10.6.